The van der Waals surface area contributed by atoms with Crippen LogP contribution in [-0.4, -0.2) is 39.0 Å². The molecule has 122 valence electrons. The number of halogens is 1. The highest BCUT2D eigenvalue weighted by atomic mass is 19.1. The van der Waals surface area contributed by atoms with Crippen LogP contribution in [0.4, 0.5) is 15.8 Å². The topological polar surface area (TPSA) is 84.4 Å². The summed E-state index contributed by atoms with van der Waals surface area (Å²) in [6.07, 6.45) is 3.33. The predicted octanol–water partition coefficient (Wildman–Crippen LogP) is 1.74. The van der Waals surface area contributed by atoms with Gasteiger partial charge in [-0.25, -0.2) is 4.39 Å². The number of rotatable bonds is 5. The van der Waals surface area contributed by atoms with Gasteiger partial charge < -0.3 is 10.0 Å². The summed E-state index contributed by atoms with van der Waals surface area (Å²) in [4.78, 5) is 11.9. The monoisotopic (exact) mass is 320 g/mol. The molecule has 0 spiro atoms. The second-order valence-electron chi connectivity index (χ2n) is 5.63. The third-order valence-corrected chi connectivity index (χ3v) is 3.92. The highest BCUT2D eigenvalue weighted by Crippen LogP contribution is 2.29. The van der Waals surface area contributed by atoms with Gasteiger partial charge in [-0.1, -0.05) is 12.1 Å². The smallest absolute Gasteiger partial charge is 0.306 e. The van der Waals surface area contributed by atoms with Crippen LogP contribution < -0.4 is 4.90 Å². The van der Waals surface area contributed by atoms with Crippen LogP contribution >= 0.6 is 0 Å². The molecule has 1 aromatic carbocycles. The Morgan fingerprint density at radius 3 is 3.00 bits per heavy atom. The number of aliphatic hydroxyl groups is 1. The third-order valence-electron chi connectivity index (χ3n) is 3.92. The number of aromatic nitrogens is 2. The zero-order valence-corrected chi connectivity index (χ0v) is 12.4. The Labute approximate surface area is 132 Å². The number of benzene rings is 1. The quantitative estimate of drug-likeness (QED) is 0.670. The lowest BCUT2D eigenvalue weighted by Crippen LogP contribution is -2.38. The first-order valence-corrected chi connectivity index (χ1v) is 7.42. The van der Waals surface area contributed by atoms with Gasteiger partial charge in [0, 0.05) is 13.1 Å². The van der Waals surface area contributed by atoms with Crippen molar-refractivity contribution in [3.63, 3.8) is 0 Å². The van der Waals surface area contributed by atoms with Gasteiger partial charge in [-0.2, -0.15) is 5.10 Å². The summed E-state index contributed by atoms with van der Waals surface area (Å²) >= 11 is 0. The molecule has 0 fully saturated rings. The number of aryl methyl sites for hydroxylation is 1. The van der Waals surface area contributed by atoms with Crippen molar-refractivity contribution in [2.75, 3.05) is 18.0 Å². The van der Waals surface area contributed by atoms with E-state index in [1.807, 2.05) is 11.0 Å². The van der Waals surface area contributed by atoms with E-state index in [1.54, 1.807) is 6.07 Å². The number of hydrogen-bond acceptors (Lipinski definition) is 5. The summed E-state index contributed by atoms with van der Waals surface area (Å²) < 4.78 is 15.4. The second-order valence-corrected chi connectivity index (χ2v) is 5.63. The minimum absolute atomic E-state index is 0.119. The Balaban J connectivity index is 1.69. The lowest BCUT2D eigenvalue weighted by molar-refractivity contribution is -0.385. The standard InChI is InChI=1S/C15H17FN4O3/c16-14-5-1-3-11-4-2-6-18(15(11)14)9-13(21)10-19-8-12(7-17-19)20(22)23/h1,3,5,7-8,13,21H,2,4,6,9-10H2. The Bertz CT molecular complexity index is 718. The van der Waals surface area contributed by atoms with Gasteiger partial charge in [-0.3, -0.25) is 14.8 Å². The average molecular weight is 320 g/mol. The molecule has 3 rings (SSSR count). The van der Waals surface area contributed by atoms with Gasteiger partial charge in [-0.15, -0.1) is 0 Å². The van der Waals surface area contributed by atoms with Crippen LogP contribution in [0, 0.1) is 15.9 Å². The van der Waals surface area contributed by atoms with E-state index in [2.05, 4.69) is 5.10 Å². The van der Waals surface area contributed by atoms with Gasteiger partial charge >= 0.3 is 5.69 Å². The Morgan fingerprint density at radius 1 is 1.43 bits per heavy atom. The minimum Gasteiger partial charge on any atom is -0.389 e. The largest absolute Gasteiger partial charge is 0.389 e. The normalized spacial score (nSPS) is 15.3. The van der Waals surface area contributed by atoms with Crippen molar-refractivity contribution in [2.45, 2.75) is 25.5 Å². The fraction of sp³-hybridized carbons (Fsp3) is 0.400. The predicted molar refractivity (Wildman–Crippen MR) is 81.8 cm³/mol. The summed E-state index contributed by atoms with van der Waals surface area (Å²) in [5, 5.41) is 24.7. The van der Waals surface area contributed by atoms with Gasteiger partial charge in [-0.05, 0) is 24.5 Å². The first-order chi connectivity index (χ1) is 11.0. The molecule has 23 heavy (non-hydrogen) atoms. The number of fused-ring (bicyclic) bond motifs is 1. The van der Waals surface area contributed by atoms with Crippen LogP contribution in [0.1, 0.15) is 12.0 Å². The van der Waals surface area contributed by atoms with Crippen LogP contribution in [0.2, 0.25) is 0 Å². The molecule has 0 saturated carbocycles. The van der Waals surface area contributed by atoms with Crippen LogP contribution in [-0.2, 0) is 13.0 Å². The van der Waals surface area contributed by atoms with Crippen molar-refractivity contribution in [3.8, 4) is 0 Å². The molecule has 1 unspecified atom stereocenters. The second kappa shape index (κ2) is 6.33. The van der Waals surface area contributed by atoms with Gasteiger partial charge in [0.1, 0.15) is 18.2 Å². The highest BCUT2D eigenvalue weighted by molar-refractivity contribution is 5.56. The molecule has 1 atom stereocenters. The van der Waals surface area contributed by atoms with Crippen LogP contribution in [0.3, 0.4) is 0 Å². The van der Waals surface area contributed by atoms with Gasteiger partial charge in [0.05, 0.1) is 23.3 Å². The molecule has 7 nitrogen and oxygen atoms in total. The fourth-order valence-corrected chi connectivity index (χ4v) is 2.95. The molecule has 2 aromatic rings. The molecule has 0 saturated heterocycles. The van der Waals surface area contributed by atoms with E-state index < -0.39 is 11.0 Å². The number of nitro groups is 1. The Morgan fingerprint density at radius 2 is 2.26 bits per heavy atom. The summed E-state index contributed by atoms with van der Waals surface area (Å²) in [5.41, 5.74) is 1.37. The molecule has 0 amide bonds. The maximum Gasteiger partial charge on any atom is 0.306 e. The first kappa shape index (κ1) is 15.4. The van der Waals surface area contributed by atoms with Crippen molar-refractivity contribution in [2.24, 2.45) is 0 Å². The number of nitrogens with zero attached hydrogens (tertiary/aromatic N) is 4. The molecule has 1 aromatic heterocycles. The SMILES string of the molecule is O=[N+]([O-])c1cnn(CC(O)CN2CCCc3cccc(F)c32)c1. The lowest BCUT2D eigenvalue weighted by atomic mass is 10.0. The van der Waals surface area contributed by atoms with E-state index in [9.17, 15) is 19.6 Å². The fourth-order valence-electron chi connectivity index (χ4n) is 2.95. The number of aliphatic hydroxyl groups excluding tert-OH is 1. The third kappa shape index (κ3) is 3.31. The number of hydrogen-bond donors (Lipinski definition) is 1. The van der Waals surface area contributed by atoms with Crippen LogP contribution in [0.5, 0.6) is 0 Å². The van der Waals surface area contributed by atoms with E-state index in [1.165, 1.54) is 16.9 Å². The molecular formula is C15H17FN4O3. The lowest BCUT2D eigenvalue weighted by Gasteiger charge is -2.33. The zero-order valence-electron chi connectivity index (χ0n) is 12.4. The maximum absolute atomic E-state index is 14.1. The summed E-state index contributed by atoms with van der Waals surface area (Å²) in [6.45, 7) is 1.04. The summed E-state index contributed by atoms with van der Waals surface area (Å²) in [5.74, 6) is -0.288. The van der Waals surface area contributed by atoms with E-state index in [0.29, 0.717) is 12.2 Å². The Kier molecular flexibility index (Phi) is 4.24. The molecule has 2 heterocycles. The van der Waals surface area contributed by atoms with Crippen molar-refractivity contribution >= 4 is 11.4 Å². The van der Waals surface area contributed by atoms with E-state index >= 15 is 0 Å². The van der Waals surface area contributed by atoms with Crippen LogP contribution in [0.15, 0.2) is 30.6 Å². The van der Waals surface area contributed by atoms with Crippen molar-refractivity contribution in [1.82, 2.24) is 9.78 Å². The molecule has 8 heteroatoms. The molecular weight excluding hydrogens is 303 g/mol. The summed E-state index contributed by atoms with van der Waals surface area (Å²) in [7, 11) is 0. The summed E-state index contributed by atoms with van der Waals surface area (Å²) in [6, 6.07) is 5.01. The van der Waals surface area contributed by atoms with Crippen molar-refractivity contribution in [1.29, 1.82) is 0 Å². The number of para-hydroxylation sites is 1. The Hall–Kier alpha value is -2.48. The number of anilines is 1. The van der Waals surface area contributed by atoms with Gasteiger partial charge in [0.25, 0.3) is 0 Å². The zero-order chi connectivity index (χ0) is 16.4. The van der Waals surface area contributed by atoms with E-state index in [4.69, 9.17) is 0 Å². The van der Waals surface area contributed by atoms with Crippen LogP contribution in [0.25, 0.3) is 0 Å². The molecule has 0 radical (unpaired) electrons. The van der Waals surface area contributed by atoms with E-state index in [0.717, 1.165) is 24.6 Å². The maximum atomic E-state index is 14.1. The van der Waals surface area contributed by atoms with Crippen molar-refractivity contribution < 1.29 is 14.4 Å². The molecule has 0 bridgehead atoms. The van der Waals surface area contributed by atoms with Crippen molar-refractivity contribution in [3.05, 3.63) is 52.1 Å². The average Bonchev–Trinajstić information content (AvgIpc) is 2.96. The molecule has 1 N–H and O–H groups in total. The molecule has 0 aliphatic carbocycles. The van der Waals surface area contributed by atoms with Gasteiger partial charge in [0.2, 0.25) is 0 Å². The highest BCUT2D eigenvalue weighted by Gasteiger charge is 2.23. The van der Waals surface area contributed by atoms with E-state index in [-0.39, 0.29) is 24.6 Å². The molecule has 1 aliphatic heterocycles. The molecule has 1 aliphatic rings. The number of β-amino-alcohol motifs (C(OH)–C–C–N with tert-alkyl or cyclic N) is 1. The van der Waals surface area contributed by atoms with Gasteiger partial charge in [0.15, 0.2) is 0 Å². The minimum atomic E-state index is -0.805. The first-order valence-electron chi connectivity index (χ1n) is 7.42.